The zero-order chi connectivity index (χ0) is 6.69. The van der Waals surface area contributed by atoms with Crippen molar-refractivity contribution in [3.05, 3.63) is 35.4 Å². The maximum atomic E-state index is 9.97. The number of aryl methyl sites for hydroxylation is 1. The number of benzene rings is 1. The third-order valence-electron chi connectivity index (χ3n) is 1.09. The fraction of sp³-hybridized carbons (Fsp3) is 0.125. The quantitative estimate of drug-likeness (QED) is 0.542. The van der Waals surface area contributed by atoms with E-state index in [1.165, 1.54) is 0 Å². The summed E-state index contributed by atoms with van der Waals surface area (Å²) in [5, 5.41) is 0. The second-order valence-corrected chi connectivity index (χ2v) is 1.86. The zero-order valence-corrected chi connectivity index (χ0v) is 5.14. The number of hydrogen-bond acceptors (Lipinski definition) is 1. The fourth-order valence-electron chi connectivity index (χ4n) is 0.566. The molecule has 1 aromatic rings. The van der Waals surface area contributed by atoms with Gasteiger partial charge in [0.1, 0.15) is 0 Å². The molecule has 0 atom stereocenters. The Kier molecular flexibility index (Phi) is 1.63. The molecular weight excluding hydrogens is 112 g/mol. The Bertz CT molecular complexity index is 198. The summed E-state index contributed by atoms with van der Waals surface area (Å²) in [6.45, 7) is 1.93. The van der Waals surface area contributed by atoms with Gasteiger partial charge in [0.2, 0.25) is 6.29 Å². The first kappa shape index (κ1) is 6.02. The van der Waals surface area contributed by atoms with Gasteiger partial charge in [0.05, 0.1) is 0 Å². The summed E-state index contributed by atoms with van der Waals surface area (Å²) in [6.07, 6.45) is 1.77. The first-order chi connectivity index (χ1) is 4.33. The van der Waals surface area contributed by atoms with Gasteiger partial charge in [-0.05, 0) is 24.6 Å². The van der Waals surface area contributed by atoms with E-state index in [0.717, 1.165) is 5.56 Å². The van der Waals surface area contributed by atoms with Gasteiger partial charge in [-0.3, -0.25) is 4.79 Å². The molecule has 1 heteroatoms. The third kappa shape index (κ3) is 1.39. The van der Waals surface area contributed by atoms with Gasteiger partial charge < -0.3 is 0 Å². The maximum Gasteiger partial charge on any atom is 0.233 e. The Labute approximate surface area is 54.3 Å². The lowest BCUT2D eigenvalue weighted by Gasteiger charge is -1.87. The smallest absolute Gasteiger partial charge is 0.233 e. The number of carbonyl (C=O) groups excluding carboxylic acids is 1. The standard InChI is InChI=1S/C8H6O/c1-7-2-4-8(6-9)5-3-7/h2,4-5H,1H3. The van der Waals surface area contributed by atoms with E-state index in [1.807, 2.05) is 13.0 Å². The summed E-state index contributed by atoms with van der Waals surface area (Å²) >= 11 is 0. The van der Waals surface area contributed by atoms with Gasteiger partial charge in [0, 0.05) is 5.56 Å². The van der Waals surface area contributed by atoms with Crippen LogP contribution in [-0.2, 0) is 4.79 Å². The molecule has 0 aliphatic rings. The molecule has 0 fully saturated rings. The average molecular weight is 118 g/mol. The lowest BCUT2D eigenvalue weighted by atomic mass is 10.2. The summed E-state index contributed by atoms with van der Waals surface area (Å²) < 4.78 is 0. The molecule has 0 heterocycles. The van der Waals surface area contributed by atoms with Crippen molar-refractivity contribution >= 4 is 6.29 Å². The van der Waals surface area contributed by atoms with Crippen molar-refractivity contribution in [3.8, 4) is 0 Å². The van der Waals surface area contributed by atoms with E-state index in [4.69, 9.17) is 0 Å². The molecule has 0 saturated heterocycles. The van der Waals surface area contributed by atoms with E-state index in [0.29, 0.717) is 5.56 Å². The van der Waals surface area contributed by atoms with Crippen LogP contribution in [0.4, 0.5) is 0 Å². The summed E-state index contributed by atoms with van der Waals surface area (Å²) in [4.78, 5) is 9.97. The summed E-state index contributed by atoms with van der Waals surface area (Å²) in [7, 11) is 0. The molecule has 1 nitrogen and oxygen atoms in total. The number of rotatable bonds is 1. The summed E-state index contributed by atoms with van der Waals surface area (Å²) in [5.74, 6) is 0. The van der Waals surface area contributed by atoms with E-state index in [-0.39, 0.29) is 0 Å². The van der Waals surface area contributed by atoms with Gasteiger partial charge in [0.25, 0.3) is 0 Å². The highest BCUT2D eigenvalue weighted by Gasteiger charge is 1.87. The molecule has 44 valence electrons. The van der Waals surface area contributed by atoms with Crippen LogP contribution < -0.4 is 0 Å². The van der Waals surface area contributed by atoms with Crippen LogP contribution in [0.15, 0.2) is 18.2 Å². The van der Waals surface area contributed by atoms with Gasteiger partial charge in [-0.15, -0.1) is 0 Å². The molecule has 0 amide bonds. The van der Waals surface area contributed by atoms with Gasteiger partial charge in [-0.2, -0.15) is 0 Å². The minimum Gasteiger partial charge on any atom is -0.285 e. The first-order valence-corrected chi connectivity index (χ1v) is 2.69. The highest BCUT2D eigenvalue weighted by Crippen LogP contribution is 1.97. The highest BCUT2D eigenvalue weighted by molar-refractivity contribution is 5.74. The van der Waals surface area contributed by atoms with E-state index in [9.17, 15) is 4.79 Å². The molecule has 0 aliphatic heterocycles. The normalized spacial score (nSPS) is 9.00. The summed E-state index contributed by atoms with van der Waals surface area (Å²) in [5.41, 5.74) is 1.59. The van der Waals surface area contributed by atoms with Crippen molar-refractivity contribution in [1.29, 1.82) is 0 Å². The minimum absolute atomic E-state index is 0.556. The largest absolute Gasteiger partial charge is 0.285 e. The molecule has 0 spiro atoms. The predicted molar refractivity (Wildman–Crippen MR) is 34.8 cm³/mol. The fourth-order valence-corrected chi connectivity index (χ4v) is 0.566. The Morgan fingerprint density at radius 2 is 2.33 bits per heavy atom. The van der Waals surface area contributed by atoms with E-state index in [2.05, 4.69) is 6.07 Å². The molecule has 2 radical (unpaired) electrons. The Balaban J connectivity index is 3.01. The lowest BCUT2D eigenvalue weighted by Crippen LogP contribution is -1.78. The van der Waals surface area contributed by atoms with Crippen LogP contribution in [0.3, 0.4) is 0 Å². The highest BCUT2D eigenvalue weighted by atomic mass is 16.1. The second-order valence-electron chi connectivity index (χ2n) is 1.86. The Hall–Kier alpha value is -1.11. The molecule has 0 aromatic heterocycles. The Morgan fingerprint density at radius 3 is 2.78 bits per heavy atom. The number of hydrogen-bond donors (Lipinski definition) is 0. The van der Waals surface area contributed by atoms with Crippen LogP contribution >= 0.6 is 0 Å². The molecule has 0 bridgehead atoms. The van der Waals surface area contributed by atoms with E-state index in [1.54, 1.807) is 18.4 Å². The monoisotopic (exact) mass is 118 g/mol. The van der Waals surface area contributed by atoms with Crippen LogP contribution in [0, 0.1) is 13.0 Å². The Morgan fingerprint density at radius 1 is 1.56 bits per heavy atom. The van der Waals surface area contributed by atoms with Crippen LogP contribution in [0.1, 0.15) is 11.1 Å². The van der Waals surface area contributed by atoms with Gasteiger partial charge in [-0.25, -0.2) is 0 Å². The van der Waals surface area contributed by atoms with Crippen LogP contribution in [0.2, 0.25) is 0 Å². The second kappa shape index (κ2) is 2.44. The average Bonchev–Trinajstić information content (AvgIpc) is 1.90. The minimum atomic E-state index is 0.556. The van der Waals surface area contributed by atoms with Crippen LogP contribution in [-0.4, -0.2) is 6.29 Å². The zero-order valence-electron chi connectivity index (χ0n) is 5.14. The van der Waals surface area contributed by atoms with Crippen LogP contribution in [0.25, 0.3) is 0 Å². The van der Waals surface area contributed by atoms with Crippen molar-refractivity contribution < 1.29 is 4.79 Å². The molecule has 1 rings (SSSR count). The summed E-state index contributed by atoms with van der Waals surface area (Å²) in [6, 6.07) is 8.07. The van der Waals surface area contributed by atoms with Gasteiger partial charge in [-0.1, -0.05) is 12.1 Å². The van der Waals surface area contributed by atoms with E-state index >= 15 is 0 Å². The van der Waals surface area contributed by atoms with Crippen molar-refractivity contribution in [3.63, 3.8) is 0 Å². The topological polar surface area (TPSA) is 17.1 Å². The van der Waals surface area contributed by atoms with Crippen molar-refractivity contribution in [1.82, 2.24) is 0 Å². The molecule has 0 N–H and O–H groups in total. The van der Waals surface area contributed by atoms with E-state index < -0.39 is 0 Å². The van der Waals surface area contributed by atoms with Gasteiger partial charge in [0.15, 0.2) is 0 Å². The predicted octanol–water partition coefficient (Wildman–Crippen LogP) is 1.25. The van der Waals surface area contributed by atoms with Crippen molar-refractivity contribution in [2.75, 3.05) is 0 Å². The van der Waals surface area contributed by atoms with Crippen LogP contribution in [0.5, 0.6) is 0 Å². The third-order valence-corrected chi connectivity index (χ3v) is 1.09. The maximum absolute atomic E-state index is 9.97. The first-order valence-electron chi connectivity index (χ1n) is 2.69. The van der Waals surface area contributed by atoms with Crippen molar-refractivity contribution in [2.45, 2.75) is 6.92 Å². The van der Waals surface area contributed by atoms with Crippen molar-refractivity contribution in [2.24, 2.45) is 0 Å². The lowest BCUT2D eigenvalue weighted by molar-refractivity contribution is 0.563. The molecule has 1 aromatic carbocycles. The molecular formula is C8H6O. The SMILES string of the molecule is Cc1[c]cc([C]=O)cc1. The molecule has 0 unspecified atom stereocenters. The molecule has 9 heavy (non-hydrogen) atoms. The molecule has 0 aliphatic carbocycles. The molecule has 0 saturated carbocycles. The van der Waals surface area contributed by atoms with Gasteiger partial charge >= 0.3 is 0 Å².